The van der Waals surface area contributed by atoms with Crippen molar-refractivity contribution < 1.29 is 9.90 Å². The van der Waals surface area contributed by atoms with Crippen molar-refractivity contribution in [3.63, 3.8) is 0 Å². The molecule has 1 fully saturated rings. The van der Waals surface area contributed by atoms with Crippen LogP contribution in [0.15, 0.2) is 0 Å². The summed E-state index contributed by atoms with van der Waals surface area (Å²) < 4.78 is 0. The van der Waals surface area contributed by atoms with Crippen LogP contribution in [0.5, 0.6) is 0 Å². The van der Waals surface area contributed by atoms with Gasteiger partial charge in [0.1, 0.15) is 5.78 Å². The average molecular weight is 185 g/mol. The van der Waals surface area contributed by atoms with E-state index in [9.17, 15) is 9.90 Å². The predicted octanol–water partition coefficient (Wildman–Crippen LogP) is 0.809. The third-order valence-corrected chi connectivity index (χ3v) is 2.64. The number of carbonyl (C=O) groups excluding carboxylic acids is 1. The maximum Gasteiger partial charge on any atom is 0.149 e. The lowest BCUT2D eigenvalue weighted by Gasteiger charge is -2.36. The molecule has 0 aromatic rings. The fourth-order valence-electron chi connectivity index (χ4n) is 2.02. The monoisotopic (exact) mass is 185 g/mol. The molecule has 0 amide bonds. The zero-order chi connectivity index (χ0) is 10.2. The van der Waals surface area contributed by atoms with Gasteiger partial charge < -0.3 is 5.11 Å². The Morgan fingerprint density at radius 3 is 2.31 bits per heavy atom. The lowest BCUT2D eigenvalue weighted by atomic mass is 10.0. The number of Topliss-reactive ketones (excluding diaryl/α,β-unsaturated/α-hetero) is 1. The van der Waals surface area contributed by atoms with Crippen LogP contribution in [0, 0.1) is 0 Å². The number of carbonyl (C=O) groups is 1. The second-order valence-corrected chi connectivity index (χ2v) is 4.78. The van der Waals surface area contributed by atoms with Gasteiger partial charge in [-0.2, -0.15) is 0 Å². The molecule has 0 aromatic heterocycles. The molecule has 0 aliphatic carbocycles. The quantitative estimate of drug-likeness (QED) is 0.657. The minimum Gasteiger partial charge on any atom is -0.391 e. The Labute approximate surface area is 79.7 Å². The summed E-state index contributed by atoms with van der Waals surface area (Å²) in [4.78, 5) is 13.4. The van der Waals surface area contributed by atoms with Gasteiger partial charge in [0.05, 0.1) is 12.1 Å². The highest BCUT2D eigenvalue weighted by molar-refractivity contribution is 5.82. The number of hydrogen-bond donors (Lipinski definition) is 1. The molecule has 0 bridgehead atoms. The highest BCUT2D eigenvalue weighted by Crippen LogP contribution is 2.27. The van der Waals surface area contributed by atoms with Crippen molar-refractivity contribution in [2.75, 3.05) is 6.54 Å². The smallest absolute Gasteiger partial charge is 0.149 e. The van der Waals surface area contributed by atoms with Crippen molar-refractivity contribution in [2.24, 2.45) is 0 Å². The molecule has 1 aliphatic heterocycles. The summed E-state index contributed by atoms with van der Waals surface area (Å²) in [6, 6.07) is -0.292. The molecule has 1 rings (SSSR count). The van der Waals surface area contributed by atoms with Gasteiger partial charge in [0, 0.05) is 12.1 Å². The van der Waals surface area contributed by atoms with Crippen molar-refractivity contribution in [3.05, 3.63) is 0 Å². The molecule has 1 heterocycles. The average Bonchev–Trinajstić information content (AvgIpc) is 2.28. The standard InChI is InChI=1S/C10H19NO2/c1-7(12)9-8(13)5-6-11(9)10(2,3)4/h8-9,13H,5-6H2,1-4H3/t8-,9-/m1/s1. The van der Waals surface area contributed by atoms with E-state index in [2.05, 4.69) is 25.7 Å². The van der Waals surface area contributed by atoms with E-state index in [0.717, 1.165) is 6.54 Å². The Balaban J connectivity index is 2.82. The summed E-state index contributed by atoms with van der Waals surface area (Å²) in [5.41, 5.74) is -0.0339. The van der Waals surface area contributed by atoms with E-state index in [1.807, 2.05) is 0 Å². The van der Waals surface area contributed by atoms with Gasteiger partial charge in [-0.05, 0) is 34.1 Å². The van der Waals surface area contributed by atoms with Crippen LogP contribution in [0.3, 0.4) is 0 Å². The predicted molar refractivity (Wildman–Crippen MR) is 51.6 cm³/mol. The zero-order valence-electron chi connectivity index (χ0n) is 8.87. The molecule has 2 atom stereocenters. The van der Waals surface area contributed by atoms with E-state index >= 15 is 0 Å². The van der Waals surface area contributed by atoms with Gasteiger partial charge in [-0.25, -0.2) is 0 Å². The molecule has 3 nitrogen and oxygen atoms in total. The second kappa shape index (κ2) is 3.39. The van der Waals surface area contributed by atoms with Crippen molar-refractivity contribution in [1.82, 2.24) is 4.90 Å². The first-order chi connectivity index (χ1) is 5.84. The maximum atomic E-state index is 11.3. The van der Waals surface area contributed by atoms with Crippen molar-refractivity contribution in [1.29, 1.82) is 0 Å². The van der Waals surface area contributed by atoms with Gasteiger partial charge in [-0.1, -0.05) is 0 Å². The number of rotatable bonds is 1. The van der Waals surface area contributed by atoms with E-state index in [4.69, 9.17) is 0 Å². The maximum absolute atomic E-state index is 11.3. The van der Waals surface area contributed by atoms with E-state index in [-0.39, 0.29) is 17.4 Å². The van der Waals surface area contributed by atoms with E-state index in [1.54, 1.807) is 6.92 Å². The zero-order valence-corrected chi connectivity index (χ0v) is 8.87. The van der Waals surface area contributed by atoms with Crippen LogP contribution in [-0.4, -0.2) is 40.0 Å². The van der Waals surface area contributed by atoms with Gasteiger partial charge >= 0.3 is 0 Å². The third kappa shape index (κ3) is 2.09. The summed E-state index contributed by atoms with van der Waals surface area (Å²) in [6.07, 6.45) is 0.235. The van der Waals surface area contributed by atoms with E-state index < -0.39 is 6.10 Å². The largest absolute Gasteiger partial charge is 0.391 e. The molecule has 1 saturated heterocycles. The van der Waals surface area contributed by atoms with Gasteiger partial charge in [0.2, 0.25) is 0 Å². The first-order valence-corrected chi connectivity index (χ1v) is 4.79. The van der Waals surface area contributed by atoms with Crippen molar-refractivity contribution in [3.8, 4) is 0 Å². The van der Waals surface area contributed by atoms with Crippen molar-refractivity contribution >= 4 is 5.78 Å². The number of ketones is 1. The summed E-state index contributed by atoms with van der Waals surface area (Å²) in [7, 11) is 0. The molecule has 0 radical (unpaired) electrons. The molecule has 76 valence electrons. The van der Waals surface area contributed by atoms with Crippen LogP contribution in [0.25, 0.3) is 0 Å². The molecular formula is C10H19NO2. The molecule has 0 aromatic carbocycles. The van der Waals surface area contributed by atoms with Crippen LogP contribution < -0.4 is 0 Å². The van der Waals surface area contributed by atoms with Crippen LogP contribution in [0.2, 0.25) is 0 Å². The van der Waals surface area contributed by atoms with Gasteiger partial charge in [0.15, 0.2) is 0 Å². The normalized spacial score (nSPS) is 30.8. The molecule has 1 N–H and O–H groups in total. The minimum atomic E-state index is -0.475. The Bertz CT molecular complexity index is 207. The third-order valence-electron chi connectivity index (χ3n) is 2.64. The molecular weight excluding hydrogens is 166 g/mol. The summed E-state index contributed by atoms with van der Waals surface area (Å²) in [6.45, 7) is 8.58. The first-order valence-electron chi connectivity index (χ1n) is 4.79. The fourth-order valence-corrected chi connectivity index (χ4v) is 2.02. The Morgan fingerprint density at radius 1 is 1.46 bits per heavy atom. The number of likely N-dealkylation sites (tertiary alicyclic amines) is 1. The second-order valence-electron chi connectivity index (χ2n) is 4.78. The van der Waals surface area contributed by atoms with Crippen molar-refractivity contribution in [2.45, 2.75) is 51.8 Å². The lowest BCUT2D eigenvalue weighted by molar-refractivity contribution is -0.125. The lowest BCUT2D eigenvalue weighted by Crippen LogP contribution is -2.50. The topological polar surface area (TPSA) is 40.5 Å². The summed E-state index contributed by atoms with van der Waals surface area (Å²) in [5.74, 6) is 0.0694. The van der Waals surface area contributed by atoms with Gasteiger partial charge in [-0.3, -0.25) is 9.69 Å². The Kier molecular flexibility index (Phi) is 2.78. The molecule has 0 unspecified atom stereocenters. The number of aliphatic hydroxyl groups is 1. The molecule has 1 aliphatic rings. The fraction of sp³-hybridized carbons (Fsp3) is 0.900. The Hall–Kier alpha value is -0.410. The minimum absolute atomic E-state index is 0.0339. The van der Waals surface area contributed by atoms with Crippen LogP contribution >= 0.6 is 0 Å². The SMILES string of the molecule is CC(=O)[C@@H]1[C@H](O)CCN1C(C)(C)C. The van der Waals surface area contributed by atoms with E-state index in [0.29, 0.717) is 6.42 Å². The van der Waals surface area contributed by atoms with Gasteiger partial charge in [-0.15, -0.1) is 0 Å². The van der Waals surface area contributed by atoms with Crippen LogP contribution in [0.4, 0.5) is 0 Å². The molecule has 0 saturated carbocycles. The summed E-state index contributed by atoms with van der Waals surface area (Å²) >= 11 is 0. The molecule has 0 spiro atoms. The highest BCUT2D eigenvalue weighted by Gasteiger charge is 2.41. The number of nitrogens with zero attached hydrogens (tertiary/aromatic N) is 1. The number of hydrogen-bond acceptors (Lipinski definition) is 3. The summed E-state index contributed by atoms with van der Waals surface area (Å²) in [5, 5.41) is 9.63. The molecule has 13 heavy (non-hydrogen) atoms. The Morgan fingerprint density at radius 2 is 2.00 bits per heavy atom. The van der Waals surface area contributed by atoms with Crippen LogP contribution in [0.1, 0.15) is 34.1 Å². The number of aliphatic hydroxyl groups excluding tert-OH is 1. The van der Waals surface area contributed by atoms with Crippen LogP contribution in [-0.2, 0) is 4.79 Å². The van der Waals surface area contributed by atoms with E-state index in [1.165, 1.54) is 0 Å². The highest BCUT2D eigenvalue weighted by atomic mass is 16.3. The first kappa shape index (κ1) is 10.7. The van der Waals surface area contributed by atoms with Gasteiger partial charge in [0.25, 0.3) is 0 Å². The molecule has 3 heteroatoms.